The van der Waals surface area contributed by atoms with E-state index in [9.17, 15) is 4.79 Å². The zero-order valence-electron chi connectivity index (χ0n) is 11.3. The molecule has 0 aromatic heterocycles. The summed E-state index contributed by atoms with van der Waals surface area (Å²) in [5.41, 5.74) is 4.99. The Morgan fingerprint density at radius 2 is 1.76 bits per heavy atom. The molecule has 1 aromatic rings. The first-order valence-electron chi connectivity index (χ1n) is 6.20. The minimum atomic E-state index is 0.346. The summed E-state index contributed by atoms with van der Waals surface area (Å²) in [5.74, 6) is 2.08. The van der Waals surface area contributed by atoms with Gasteiger partial charge in [-0.2, -0.15) is 11.8 Å². The van der Waals surface area contributed by atoms with Crippen LogP contribution in [0.15, 0.2) is 12.1 Å². The van der Waals surface area contributed by atoms with E-state index in [-0.39, 0.29) is 0 Å². The fourth-order valence-electron chi connectivity index (χ4n) is 2.07. The Balaban J connectivity index is 2.65. The number of thioether (sulfide) groups is 1. The van der Waals surface area contributed by atoms with E-state index in [4.69, 9.17) is 0 Å². The number of carbonyl (C=O) groups excluding carboxylic acids is 1. The lowest BCUT2D eigenvalue weighted by atomic mass is 9.96. The van der Waals surface area contributed by atoms with Crippen LogP contribution in [0.25, 0.3) is 0 Å². The molecule has 0 radical (unpaired) electrons. The van der Waals surface area contributed by atoms with E-state index in [1.165, 1.54) is 22.3 Å². The van der Waals surface area contributed by atoms with Crippen LogP contribution in [0, 0.1) is 20.8 Å². The Morgan fingerprint density at radius 1 is 1.18 bits per heavy atom. The van der Waals surface area contributed by atoms with Gasteiger partial charge in [-0.3, -0.25) is 4.79 Å². The van der Waals surface area contributed by atoms with Gasteiger partial charge in [0, 0.05) is 6.42 Å². The average molecular weight is 250 g/mol. The fourth-order valence-corrected chi connectivity index (χ4v) is 2.83. The first-order chi connectivity index (χ1) is 8.04. The highest BCUT2D eigenvalue weighted by molar-refractivity contribution is 7.99. The zero-order valence-corrected chi connectivity index (χ0v) is 12.1. The van der Waals surface area contributed by atoms with Crippen molar-refractivity contribution in [3.05, 3.63) is 34.4 Å². The van der Waals surface area contributed by atoms with Crippen LogP contribution in [0.1, 0.15) is 35.6 Å². The van der Waals surface area contributed by atoms with Crippen LogP contribution < -0.4 is 0 Å². The molecule has 0 spiro atoms. The molecule has 0 saturated carbocycles. The van der Waals surface area contributed by atoms with E-state index in [0.29, 0.717) is 18.0 Å². The van der Waals surface area contributed by atoms with Gasteiger partial charge >= 0.3 is 0 Å². The SMILES string of the molecule is CCCSCC(=O)Cc1c(C)cc(C)cc1C. The molecule has 0 fully saturated rings. The number of rotatable bonds is 6. The van der Waals surface area contributed by atoms with Crippen LogP contribution in [0.3, 0.4) is 0 Å². The van der Waals surface area contributed by atoms with Gasteiger partial charge in [0.05, 0.1) is 5.75 Å². The Labute approximate surface area is 109 Å². The zero-order chi connectivity index (χ0) is 12.8. The van der Waals surface area contributed by atoms with E-state index in [0.717, 1.165) is 12.2 Å². The minimum absolute atomic E-state index is 0.346. The fraction of sp³-hybridized carbons (Fsp3) is 0.533. The van der Waals surface area contributed by atoms with Crippen LogP contribution in [0.4, 0.5) is 0 Å². The summed E-state index contributed by atoms with van der Waals surface area (Å²) in [6, 6.07) is 4.32. The summed E-state index contributed by atoms with van der Waals surface area (Å²) < 4.78 is 0. The Hall–Kier alpha value is -0.760. The summed E-state index contributed by atoms with van der Waals surface area (Å²) in [4.78, 5) is 11.9. The van der Waals surface area contributed by atoms with Crippen molar-refractivity contribution in [2.45, 2.75) is 40.5 Å². The molecule has 0 N–H and O–H groups in total. The third-order valence-corrected chi connectivity index (χ3v) is 4.05. The van der Waals surface area contributed by atoms with Crippen molar-refractivity contribution in [1.82, 2.24) is 0 Å². The molecule has 1 aromatic carbocycles. The number of carbonyl (C=O) groups is 1. The van der Waals surface area contributed by atoms with E-state index in [1.54, 1.807) is 11.8 Å². The molecule has 0 saturated heterocycles. The van der Waals surface area contributed by atoms with Crippen LogP contribution in [-0.2, 0) is 11.2 Å². The standard InChI is InChI=1S/C15H22OS/c1-5-6-17-10-14(16)9-15-12(3)7-11(2)8-13(15)4/h7-8H,5-6,9-10H2,1-4H3. The second kappa shape index (κ2) is 6.85. The molecule has 0 unspecified atom stereocenters. The molecule has 1 nitrogen and oxygen atoms in total. The molecule has 0 aliphatic heterocycles. The molecule has 1 rings (SSSR count). The highest BCUT2D eigenvalue weighted by Gasteiger charge is 2.09. The Morgan fingerprint density at radius 3 is 2.29 bits per heavy atom. The van der Waals surface area contributed by atoms with E-state index < -0.39 is 0 Å². The molecule has 0 aliphatic rings. The maximum Gasteiger partial charge on any atom is 0.147 e. The molecule has 94 valence electrons. The highest BCUT2D eigenvalue weighted by atomic mass is 32.2. The van der Waals surface area contributed by atoms with E-state index in [1.807, 2.05) is 0 Å². The monoisotopic (exact) mass is 250 g/mol. The van der Waals surface area contributed by atoms with Crippen molar-refractivity contribution in [3.63, 3.8) is 0 Å². The summed E-state index contributed by atoms with van der Waals surface area (Å²) in [6.07, 6.45) is 1.73. The maximum absolute atomic E-state index is 11.9. The summed E-state index contributed by atoms with van der Waals surface area (Å²) >= 11 is 1.75. The maximum atomic E-state index is 11.9. The van der Waals surface area contributed by atoms with Crippen molar-refractivity contribution in [3.8, 4) is 0 Å². The number of benzene rings is 1. The molecule has 0 amide bonds. The van der Waals surface area contributed by atoms with Crippen molar-refractivity contribution in [1.29, 1.82) is 0 Å². The quantitative estimate of drug-likeness (QED) is 0.713. The van der Waals surface area contributed by atoms with Crippen LogP contribution in [0.5, 0.6) is 0 Å². The smallest absolute Gasteiger partial charge is 0.147 e. The van der Waals surface area contributed by atoms with Crippen molar-refractivity contribution in [2.75, 3.05) is 11.5 Å². The highest BCUT2D eigenvalue weighted by Crippen LogP contribution is 2.18. The number of Topliss-reactive ketones (excluding diaryl/α,β-unsaturated/α-hetero) is 1. The third kappa shape index (κ3) is 4.55. The van der Waals surface area contributed by atoms with E-state index in [2.05, 4.69) is 39.8 Å². The van der Waals surface area contributed by atoms with Gasteiger partial charge in [0.2, 0.25) is 0 Å². The molecule has 2 heteroatoms. The van der Waals surface area contributed by atoms with Gasteiger partial charge in [-0.25, -0.2) is 0 Å². The second-order valence-electron chi connectivity index (χ2n) is 4.65. The van der Waals surface area contributed by atoms with Gasteiger partial charge in [0.25, 0.3) is 0 Å². The lowest BCUT2D eigenvalue weighted by Crippen LogP contribution is -2.09. The lowest BCUT2D eigenvalue weighted by Gasteiger charge is -2.10. The van der Waals surface area contributed by atoms with Crippen LogP contribution in [-0.4, -0.2) is 17.3 Å². The van der Waals surface area contributed by atoms with Gasteiger partial charge in [-0.15, -0.1) is 0 Å². The third-order valence-electron chi connectivity index (χ3n) is 2.83. The van der Waals surface area contributed by atoms with Crippen molar-refractivity contribution in [2.24, 2.45) is 0 Å². The molecule has 0 heterocycles. The normalized spacial score (nSPS) is 10.6. The van der Waals surface area contributed by atoms with Gasteiger partial charge in [-0.1, -0.05) is 24.6 Å². The average Bonchev–Trinajstić information content (AvgIpc) is 2.24. The van der Waals surface area contributed by atoms with Gasteiger partial charge < -0.3 is 0 Å². The second-order valence-corrected chi connectivity index (χ2v) is 5.75. The molecule has 0 atom stereocenters. The first-order valence-corrected chi connectivity index (χ1v) is 7.36. The Bertz CT molecular complexity index is 373. The van der Waals surface area contributed by atoms with Crippen molar-refractivity contribution >= 4 is 17.5 Å². The van der Waals surface area contributed by atoms with Gasteiger partial charge in [0.1, 0.15) is 5.78 Å². The van der Waals surface area contributed by atoms with Crippen LogP contribution >= 0.6 is 11.8 Å². The molecular weight excluding hydrogens is 228 g/mol. The first kappa shape index (κ1) is 14.3. The minimum Gasteiger partial charge on any atom is -0.298 e. The Kier molecular flexibility index (Phi) is 5.76. The number of hydrogen-bond acceptors (Lipinski definition) is 2. The predicted molar refractivity (Wildman–Crippen MR) is 77.0 cm³/mol. The van der Waals surface area contributed by atoms with Gasteiger partial charge in [-0.05, 0) is 49.6 Å². The summed E-state index contributed by atoms with van der Waals surface area (Å²) in [5, 5.41) is 0. The number of hydrogen-bond donors (Lipinski definition) is 0. The van der Waals surface area contributed by atoms with Gasteiger partial charge in [0.15, 0.2) is 0 Å². The number of ketones is 1. The topological polar surface area (TPSA) is 17.1 Å². The molecular formula is C15H22OS. The van der Waals surface area contributed by atoms with Crippen LogP contribution in [0.2, 0.25) is 0 Å². The molecule has 17 heavy (non-hydrogen) atoms. The van der Waals surface area contributed by atoms with E-state index >= 15 is 0 Å². The lowest BCUT2D eigenvalue weighted by molar-refractivity contribution is -0.116. The van der Waals surface area contributed by atoms with Crippen molar-refractivity contribution < 1.29 is 4.79 Å². The number of aryl methyl sites for hydroxylation is 3. The summed E-state index contributed by atoms with van der Waals surface area (Å²) in [6.45, 7) is 8.44. The predicted octanol–water partition coefficient (Wildman–Crippen LogP) is 3.87. The molecule has 0 aliphatic carbocycles. The molecule has 0 bridgehead atoms. The largest absolute Gasteiger partial charge is 0.298 e. The summed E-state index contributed by atoms with van der Waals surface area (Å²) in [7, 11) is 0.